The van der Waals surface area contributed by atoms with Crippen molar-refractivity contribution < 1.29 is 20.4 Å². The summed E-state index contributed by atoms with van der Waals surface area (Å²) in [7, 11) is 0. The second-order valence-electron chi connectivity index (χ2n) is 4.26. The average Bonchev–Trinajstić information content (AvgIpc) is 2.10. The molecule has 0 saturated heterocycles. The third kappa shape index (κ3) is 23.2. The van der Waals surface area contributed by atoms with Crippen molar-refractivity contribution in [2.24, 2.45) is 0 Å². The minimum absolute atomic E-state index is 0.00993. The summed E-state index contributed by atoms with van der Waals surface area (Å²) in [4.78, 5) is 0. The van der Waals surface area contributed by atoms with Gasteiger partial charge in [-0.25, -0.2) is 0 Å². The van der Waals surface area contributed by atoms with E-state index < -0.39 is 11.2 Å². The molecule has 0 saturated carbocycles. The molecule has 94 valence electrons. The van der Waals surface area contributed by atoms with Gasteiger partial charge in [0.05, 0.1) is 12.2 Å². The predicted octanol–water partition coefficient (Wildman–Crippen LogP) is 0.0588. The van der Waals surface area contributed by atoms with E-state index in [2.05, 4.69) is 11.8 Å². The molecule has 0 aliphatic rings. The van der Waals surface area contributed by atoms with Gasteiger partial charge in [-0.05, 0) is 27.7 Å². The number of hydrogen-bond donors (Lipinski definition) is 4. The largest absolute Gasteiger partial charge is 0.392 e. The van der Waals surface area contributed by atoms with Gasteiger partial charge in [-0.15, -0.1) is 0 Å². The van der Waals surface area contributed by atoms with Gasteiger partial charge in [0.1, 0.15) is 12.2 Å². The fourth-order valence-electron chi connectivity index (χ4n) is 0.597. The van der Waals surface area contributed by atoms with E-state index in [1.165, 1.54) is 6.08 Å². The molecule has 0 spiro atoms. The molecule has 4 heteroatoms. The summed E-state index contributed by atoms with van der Waals surface area (Å²) < 4.78 is 0. The molecule has 0 aliphatic carbocycles. The third-order valence-electron chi connectivity index (χ3n) is 1.10. The molecule has 0 aromatic rings. The van der Waals surface area contributed by atoms with Gasteiger partial charge in [0.15, 0.2) is 0 Å². The van der Waals surface area contributed by atoms with Crippen LogP contribution in [0.25, 0.3) is 0 Å². The lowest BCUT2D eigenvalue weighted by atomic mass is 10.1. The van der Waals surface area contributed by atoms with Crippen LogP contribution < -0.4 is 0 Å². The Morgan fingerprint density at radius 2 is 1.56 bits per heavy atom. The fraction of sp³-hybridized carbons (Fsp3) is 0.667. The van der Waals surface area contributed by atoms with Crippen molar-refractivity contribution in [1.29, 1.82) is 0 Å². The van der Waals surface area contributed by atoms with Crippen LogP contribution in [0.5, 0.6) is 0 Å². The molecule has 0 unspecified atom stereocenters. The van der Waals surface area contributed by atoms with Gasteiger partial charge < -0.3 is 20.4 Å². The van der Waals surface area contributed by atoms with Crippen molar-refractivity contribution in [1.82, 2.24) is 0 Å². The zero-order valence-electron chi connectivity index (χ0n) is 10.4. The molecule has 0 aromatic heterocycles. The molecule has 0 aliphatic heterocycles. The summed E-state index contributed by atoms with van der Waals surface area (Å²) in [6.07, 6.45) is 3.06. The van der Waals surface area contributed by atoms with Crippen LogP contribution in [-0.2, 0) is 0 Å². The smallest absolute Gasteiger partial charge is 0.120 e. The third-order valence-corrected chi connectivity index (χ3v) is 1.10. The summed E-state index contributed by atoms with van der Waals surface area (Å²) in [5, 5.41) is 34.2. The topological polar surface area (TPSA) is 80.9 Å². The van der Waals surface area contributed by atoms with Crippen LogP contribution in [-0.4, -0.2) is 44.8 Å². The maximum atomic E-state index is 8.95. The van der Waals surface area contributed by atoms with E-state index in [1.807, 2.05) is 0 Å². The Balaban J connectivity index is 0. The fourth-order valence-corrected chi connectivity index (χ4v) is 0.597. The molecule has 0 atom stereocenters. The Labute approximate surface area is 97.2 Å². The van der Waals surface area contributed by atoms with E-state index in [4.69, 9.17) is 20.4 Å². The summed E-state index contributed by atoms with van der Waals surface area (Å²) in [5.41, 5.74) is -1.76. The van der Waals surface area contributed by atoms with Crippen molar-refractivity contribution in [2.75, 3.05) is 13.2 Å². The zero-order valence-corrected chi connectivity index (χ0v) is 10.4. The van der Waals surface area contributed by atoms with Crippen molar-refractivity contribution in [3.05, 3.63) is 12.2 Å². The van der Waals surface area contributed by atoms with Crippen molar-refractivity contribution in [2.45, 2.75) is 38.9 Å². The van der Waals surface area contributed by atoms with Crippen LogP contribution in [0.4, 0.5) is 0 Å². The second-order valence-corrected chi connectivity index (χ2v) is 4.26. The van der Waals surface area contributed by atoms with E-state index in [0.717, 1.165) is 0 Å². The molecular weight excluding hydrogens is 208 g/mol. The van der Waals surface area contributed by atoms with Crippen molar-refractivity contribution in [3.63, 3.8) is 0 Å². The van der Waals surface area contributed by atoms with Gasteiger partial charge in [-0.1, -0.05) is 24.0 Å². The van der Waals surface area contributed by atoms with Gasteiger partial charge in [0.2, 0.25) is 0 Å². The highest BCUT2D eigenvalue weighted by molar-refractivity contribution is 5.09. The Kier molecular flexibility index (Phi) is 9.11. The van der Waals surface area contributed by atoms with Crippen LogP contribution in [0.3, 0.4) is 0 Å². The lowest BCUT2D eigenvalue weighted by Crippen LogP contribution is -2.14. The van der Waals surface area contributed by atoms with Crippen LogP contribution in [0.1, 0.15) is 27.7 Å². The number of rotatable bonds is 2. The summed E-state index contributed by atoms with van der Waals surface area (Å²) >= 11 is 0. The lowest BCUT2D eigenvalue weighted by Gasteiger charge is -2.08. The first kappa shape index (κ1) is 17.5. The van der Waals surface area contributed by atoms with Gasteiger partial charge in [0, 0.05) is 0 Å². The molecule has 4 N–H and O–H groups in total. The molecule has 4 nitrogen and oxygen atoms in total. The van der Waals surface area contributed by atoms with Gasteiger partial charge >= 0.3 is 0 Å². The Morgan fingerprint density at radius 3 is 1.69 bits per heavy atom. The first-order valence-corrected chi connectivity index (χ1v) is 4.96. The Morgan fingerprint density at radius 1 is 1.06 bits per heavy atom. The second kappa shape index (κ2) is 8.31. The number of aliphatic hydroxyl groups excluding tert-OH is 2. The maximum absolute atomic E-state index is 8.95. The van der Waals surface area contributed by atoms with Crippen LogP contribution in [0.15, 0.2) is 12.2 Å². The summed E-state index contributed by atoms with van der Waals surface area (Å²) in [6.45, 7) is 6.23. The zero-order chi connectivity index (χ0) is 13.2. The highest BCUT2D eigenvalue weighted by Crippen LogP contribution is 2.00. The molecule has 0 rings (SSSR count). The minimum atomic E-state index is -0.970. The van der Waals surface area contributed by atoms with E-state index in [0.29, 0.717) is 0 Å². The van der Waals surface area contributed by atoms with Crippen LogP contribution >= 0.6 is 0 Å². The van der Waals surface area contributed by atoms with E-state index in [-0.39, 0.29) is 13.2 Å². The lowest BCUT2D eigenvalue weighted by molar-refractivity contribution is 0.132. The summed E-state index contributed by atoms with van der Waals surface area (Å²) in [5.74, 6) is 4.77. The molecular formula is C12H22O4. The molecule has 16 heavy (non-hydrogen) atoms. The maximum Gasteiger partial charge on any atom is 0.120 e. The number of aliphatic hydroxyl groups is 4. The van der Waals surface area contributed by atoms with E-state index in [9.17, 15) is 0 Å². The first-order chi connectivity index (χ1) is 7.12. The Hall–Kier alpha value is -0.860. The van der Waals surface area contributed by atoms with Gasteiger partial charge in [-0.2, -0.15) is 0 Å². The standard InChI is InChI=1S/C6H12O2.C6H10O2/c2*1-6(2,8)4-3-5-7/h3-4,7-8H,5H2,1-2H3;7-8H,5H2,1-2H3. The van der Waals surface area contributed by atoms with Crippen molar-refractivity contribution >= 4 is 0 Å². The average molecular weight is 230 g/mol. The minimum Gasteiger partial charge on any atom is -0.392 e. The van der Waals surface area contributed by atoms with E-state index in [1.54, 1.807) is 33.8 Å². The van der Waals surface area contributed by atoms with Crippen LogP contribution in [0, 0.1) is 11.8 Å². The highest BCUT2D eigenvalue weighted by Gasteiger charge is 2.04. The molecule has 0 amide bonds. The molecule has 0 aromatic carbocycles. The quantitative estimate of drug-likeness (QED) is 0.399. The number of hydrogen-bond acceptors (Lipinski definition) is 4. The molecule has 0 fully saturated rings. The molecule has 0 radical (unpaired) electrons. The van der Waals surface area contributed by atoms with Crippen molar-refractivity contribution in [3.8, 4) is 11.8 Å². The van der Waals surface area contributed by atoms with Gasteiger partial charge in [-0.3, -0.25) is 0 Å². The summed E-state index contributed by atoms with van der Waals surface area (Å²) in [6, 6.07) is 0. The monoisotopic (exact) mass is 230 g/mol. The molecule has 0 bridgehead atoms. The SMILES string of the molecule is CC(C)(O)C#CCO.CC(C)(O)C=CCO. The van der Waals surface area contributed by atoms with Crippen LogP contribution in [0.2, 0.25) is 0 Å². The Bertz CT molecular complexity index is 245. The van der Waals surface area contributed by atoms with E-state index >= 15 is 0 Å². The molecule has 0 heterocycles. The predicted molar refractivity (Wildman–Crippen MR) is 63.7 cm³/mol. The first-order valence-electron chi connectivity index (χ1n) is 4.96. The highest BCUT2D eigenvalue weighted by atomic mass is 16.3. The van der Waals surface area contributed by atoms with Gasteiger partial charge in [0.25, 0.3) is 0 Å². The normalized spacial score (nSPS) is 11.5.